The SMILES string of the molecule is Cc1nc(-c2ccccc2)sc1C(=O)Nc1cccc(OCC(F)(F)F)c1. The number of carbonyl (C=O) groups excluding carboxylic acids is 1. The fourth-order valence-electron chi connectivity index (χ4n) is 2.33. The molecule has 3 aromatic rings. The molecular weight excluding hydrogens is 377 g/mol. The van der Waals surface area contributed by atoms with Crippen LogP contribution in [0, 0.1) is 6.92 Å². The number of benzene rings is 2. The van der Waals surface area contributed by atoms with Gasteiger partial charge in [-0.3, -0.25) is 4.79 Å². The molecular formula is C19H15F3N2O2S. The molecule has 2 aromatic carbocycles. The Labute approximate surface area is 157 Å². The number of rotatable bonds is 5. The maximum absolute atomic E-state index is 12.5. The van der Waals surface area contributed by atoms with Gasteiger partial charge in [-0.1, -0.05) is 36.4 Å². The largest absolute Gasteiger partial charge is 0.484 e. The molecule has 0 spiro atoms. The molecule has 3 rings (SSSR count). The highest BCUT2D eigenvalue weighted by molar-refractivity contribution is 7.17. The minimum Gasteiger partial charge on any atom is -0.484 e. The summed E-state index contributed by atoms with van der Waals surface area (Å²) >= 11 is 1.25. The maximum Gasteiger partial charge on any atom is 0.422 e. The zero-order chi connectivity index (χ0) is 19.4. The second-order valence-electron chi connectivity index (χ2n) is 5.69. The molecule has 0 saturated carbocycles. The van der Waals surface area contributed by atoms with Crippen molar-refractivity contribution >= 4 is 22.9 Å². The minimum atomic E-state index is -4.42. The summed E-state index contributed by atoms with van der Waals surface area (Å²) < 4.78 is 41.5. The van der Waals surface area contributed by atoms with Crippen molar-refractivity contribution in [3.63, 3.8) is 0 Å². The molecule has 8 heteroatoms. The number of thiazole rings is 1. The van der Waals surface area contributed by atoms with E-state index in [4.69, 9.17) is 4.74 Å². The average Bonchev–Trinajstić information content (AvgIpc) is 3.02. The van der Waals surface area contributed by atoms with Crippen LogP contribution in [0.3, 0.4) is 0 Å². The summed E-state index contributed by atoms with van der Waals surface area (Å²) in [5, 5.41) is 3.39. The zero-order valence-electron chi connectivity index (χ0n) is 14.2. The average molecular weight is 392 g/mol. The van der Waals surface area contributed by atoms with E-state index in [1.165, 1.54) is 29.5 Å². The smallest absolute Gasteiger partial charge is 0.422 e. The van der Waals surface area contributed by atoms with Crippen LogP contribution in [0.25, 0.3) is 10.6 Å². The zero-order valence-corrected chi connectivity index (χ0v) is 15.0. The van der Waals surface area contributed by atoms with Crippen molar-refractivity contribution in [2.24, 2.45) is 0 Å². The second-order valence-corrected chi connectivity index (χ2v) is 6.68. The molecule has 4 nitrogen and oxygen atoms in total. The number of anilines is 1. The van der Waals surface area contributed by atoms with E-state index < -0.39 is 12.8 Å². The van der Waals surface area contributed by atoms with Gasteiger partial charge in [0.1, 0.15) is 15.6 Å². The molecule has 27 heavy (non-hydrogen) atoms. The molecule has 0 radical (unpaired) electrons. The molecule has 0 aliphatic heterocycles. The fourth-order valence-corrected chi connectivity index (χ4v) is 3.29. The predicted octanol–water partition coefficient (Wildman–Crippen LogP) is 5.31. The summed E-state index contributed by atoms with van der Waals surface area (Å²) in [6.07, 6.45) is -4.42. The van der Waals surface area contributed by atoms with Gasteiger partial charge in [-0.05, 0) is 19.1 Å². The first-order valence-corrected chi connectivity index (χ1v) is 8.77. The first-order chi connectivity index (χ1) is 12.8. The lowest BCUT2D eigenvalue weighted by molar-refractivity contribution is -0.153. The Bertz CT molecular complexity index is 940. The molecule has 0 saturated heterocycles. The van der Waals surface area contributed by atoms with Crippen LogP contribution in [0.15, 0.2) is 54.6 Å². The number of halogens is 3. The van der Waals surface area contributed by atoms with Gasteiger partial charge in [-0.15, -0.1) is 11.3 Å². The van der Waals surface area contributed by atoms with E-state index in [-0.39, 0.29) is 11.7 Å². The number of hydrogen-bond acceptors (Lipinski definition) is 4. The summed E-state index contributed by atoms with van der Waals surface area (Å²) in [5.41, 5.74) is 1.83. The van der Waals surface area contributed by atoms with Crippen molar-refractivity contribution in [1.29, 1.82) is 0 Å². The Morgan fingerprint density at radius 3 is 2.59 bits per heavy atom. The Balaban J connectivity index is 1.73. The van der Waals surface area contributed by atoms with Gasteiger partial charge >= 0.3 is 6.18 Å². The lowest BCUT2D eigenvalue weighted by Gasteiger charge is -2.10. The molecule has 1 amide bonds. The summed E-state index contributed by atoms with van der Waals surface area (Å²) in [6.45, 7) is 0.347. The topological polar surface area (TPSA) is 51.2 Å². The van der Waals surface area contributed by atoms with Gasteiger partial charge < -0.3 is 10.1 Å². The molecule has 1 aromatic heterocycles. The van der Waals surface area contributed by atoms with Crippen LogP contribution in [0.4, 0.5) is 18.9 Å². The highest BCUT2D eigenvalue weighted by atomic mass is 32.1. The highest BCUT2D eigenvalue weighted by Gasteiger charge is 2.28. The molecule has 0 aliphatic carbocycles. The van der Waals surface area contributed by atoms with Gasteiger partial charge in [0.25, 0.3) is 5.91 Å². The number of ether oxygens (including phenoxy) is 1. The van der Waals surface area contributed by atoms with Crippen LogP contribution in [0.2, 0.25) is 0 Å². The molecule has 1 N–H and O–H groups in total. The van der Waals surface area contributed by atoms with Crippen molar-refractivity contribution in [3.8, 4) is 16.3 Å². The van der Waals surface area contributed by atoms with Gasteiger partial charge in [-0.25, -0.2) is 4.98 Å². The van der Waals surface area contributed by atoms with E-state index in [9.17, 15) is 18.0 Å². The Hall–Kier alpha value is -2.87. The van der Waals surface area contributed by atoms with E-state index in [0.29, 0.717) is 16.3 Å². The third kappa shape index (κ3) is 5.07. The van der Waals surface area contributed by atoms with Crippen molar-refractivity contribution in [2.45, 2.75) is 13.1 Å². The summed E-state index contributed by atoms with van der Waals surface area (Å²) in [4.78, 5) is 17.4. The molecule has 0 fully saturated rings. The monoisotopic (exact) mass is 392 g/mol. The van der Waals surface area contributed by atoms with Crippen LogP contribution < -0.4 is 10.1 Å². The van der Waals surface area contributed by atoms with Crippen LogP contribution >= 0.6 is 11.3 Å². The number of carbonyl (C=O) groups is 1. The van der Waals surface area contributed by atoms with Gasteiger partial charge in [0.15, 0.2) is 6.61 Å². The molecule has 1 heterocycles. The van der Waals surface area contributed by atoms with Crippen LogP contribution in [0.1, 0.15) is 15.4 Å². The first kappa shape index (κ1) is 18.9. The van der Waals surface area contributed by atoms with Gasteiger partial charge in [0, 0.05) is 17.3 Å². The number of nitrogens with zero attached hydrogens (tertiary/aromatic N) is 1. The summed E-state index contributed by atoms with van der Waals surface area (Å²) in [5.74, 6) is -0.351. The van der Waals surface area contributed by atoms with Gasteiger partial charge in [-0.2, -0.15) is 13.2 Å². The predicted molar refractivity (Wildman–Crippen MR) is 98.2 cm³/mol. The van der Waals surface area contributed by atoms with E-state index in [1.54, 1.807) is 13.0 Å². The quantitative estimate of drug-likeness (QED) is 0.640. The van der Waals surface area contributed by atoms with Crippen molar-refractivity contribution in [1.82, 2.24) is 4.98 Å². The van der Waals surface area contributed by atoms with E-state index in [2.05, 4.69) is 10.3 Å². The van der Waals surface area contributed by atoms with Gasteiger partial charge in [0.05, 0.1) is 5.69 Å². The van der Waals surface area contributed by atoms with E-state index >= 15 is 0 Å². The first-order valence-electron chi connectivity index (χ1n) is 7.95. The Morgan fingerprint density at radius 1 is 1.15 bits per heavy atom. The number of aromatic nitrogens is 1. The number of hydrogen-bond donors (Lipinski definition) is 1. The molecule has 140 valence electrons. The highest BCUT2D eigenvalue weighted by Crippen LogP contribution is 2.29. The normalized spacial score (nSPS) is 11.3. The maximum atomic E-state index is 12.5. The minimum absolute atomic E-state index is 0.0242. The van der Waals surface area contributed by atoms with Crippen molar-refractivity contribution < 1.29 is 22.7 Å². The lowest BCUT2D eigenvalue weighted by Crippen LogP contribution is -2.19. The second kappa shape index (κ2) is 7.79. The third-order valence-electron chi connectivity index (χ3n) is 3.52. The molecule has 0 bridgehead atoms. The summed E-state index contributed by atoms with van der Waals surface area (Å²) in [7, 11) is 0. The summed E-state index contributed by atoms with van der Waals surface area (Å²) in [6, 6.07) is 15.3. The number of nitrogens with one attached hydrogen (secondary N) is 1. The molecule has 0 unspecified atom stereocenters. The lowest BCUT2D eigenvalue weighted by atomic mass is 10.2. The van der Waals surface area contributed by atoms with Crippen LogP contribution in [0.5, 0.6) is 5.75 Å². The number of aryl methyl sites for hydroxylation is 1. The number of amides is 1. The Kier molecular flexibility index (Phi) is 5.46. The fraction of sp³-hybridized carbons (Fsp3) is 0.158. The van der Waals surface area contributed by atoms with Crippen molar-refractivity contribution in [2.75, 3.05) is 11.9 Å². The number of alkyl halides is 3. The third-order valence-corrected chi connectivity index (χ3v) is 4.72. The van der Waals surface area contributed by atoms with Crippen LogP contribution in [-0.4, -0.2) is 23.7 Å². The molecule has 0 atom stereocenters. The van der Waals surface area contributed by atoms with Crippen LogP contribution in [-0.2, 0) is 0 Å². The van der Waals surface area contributed by atoms with E-state index in [1.807, 2.05) is 30.3 Å². The molecule has 0 aliphatic rings. The van der Waals surface area contributed by atoms with Gasteiger partial charge in [0.2, 0.25) is 0 Å². The van der Waals surface area contributed by atoms with Crippen molar-refractivity contribution in [3.05, 3.63) is 65.2 Å². The van der Waals surface area contributed by atoms with E-state index in [0.717, 1.165) is 10.6 Å². The Morgan fingerprint density at radius 2 is 1.89 bits per heavy atom. The standard InChI is InChI=1S/C19H15F3N2O2S/c1-12-16(27-18(23-12)13-6-3-2-4-7-13)17(25)24-14-8-5-9-15(10-14)26-11-19(20,21)22/h2-10H,11H2,1H3,(H,24,25).